The van der Waals surface area contributed by atoms with Crippen molar-refractivity contribution in [2.24, 2.45) is 17.8 Å². The lowest BCUT2D eigenvalue weighted by Crippen LogP contribution is -2.40. The fraction of sp³-hybridized carbons (Fsp3) is 0.706. The number of anilines is 1. The number of rotatable bonds is 2. The van der Waals surface area contributed by atoms with Gasteiger partial charge in [-0.2, -0.15) is 0 Å². The molecule has 1 saturated carbocycles. The van der Waals surface area contributed by atoms with E-state index in [9.17, 15) is 4.79 Å². The smallest absolute Gasteiger partial charge is 0.225 e. The van der Waals surface area contributed by atoms with Gasteiger partial charge in [0.05, 0.1) is 6.20 Å². The summed E-state index contributed by atoms with van der Waals surface area (Å²) in [5.74, 6) is 3.00. The Kier molecular flexibility index (Phi) is 3.72. The van der Waals surface area contributed by atoms with Crippen molar-refractivity contribution in [3.8, 4) is 0 Å². The number of hydrogen-bond donors (Lipinski definition) is 0. The molecule has 0 unspecified atom stereocenters. The highest BCUT2D eigenvalue weighted by Crippen LogP contribution is 2.35. The molecule has 1 aliphatic carbocycles. The number of carbonyl (C=O) groups is 1. The van der Waals surface area contributed by atoms with E-state index < -0.39 is 0 Å². The highest BCUT2D eigenvalue weighted by molar-refractivity contribution is 5.79. The summed E-state index contributed by atoms with van der Waals surface area (Å²) in [7, 11) is 0. The molecule has 3 fully saturated rings. The van der Waals surface area contributed by atoms with Crippen LogP contribution in [0.3, 0.4) is 0 Å². The number of likely N-dealkylation sites (tertiary alicyclic amines) is 1. The zero-order chi connectivity index (χ0) is 14.9. The van der Waals surface area contributed by atoms with Crippen molar-refractivity contribution >= 4 is 11.7 Å². The Morgan fingerprint density at radius 2 is 1.86 bits per heavy atom. The average Bonchev–Trinajstić information content (AvgIpc) is 3.23. The minimum atomic E-state index is 0.316. The van der Waals surface area contributed by atoms with Gasteiger partial charge in [-0.25, -0.2) is 4.98 Å². The van der Waals surface area contributed by atoms with Gasteiger partial charge in [-0.15, -0.1) is 0 Å². The second-order valence-electron chi connectivity index (χ2n) is 7.04. The topological polar surface area (TPSA) is 49.3 Å². The van der Waals surface area contributed by atoms with E-state index in [-0.39, 0.29) is 0 Å². The summed E-state index contributed by atoms with van der Waals surface area (Å²) < 4.78 is 0. The first kappa shape index (κ1) is 14.0. The number of carbonyl (C=O) groups excluding carboxylic acids is 1. The molecule has 2 atom stereocenters. The van der Waals surface area contributed by atoms with Gasteiger partial charge in [0.1, 0.15) is 5.82 Å². The zero-order valence-electron chi connectivity index (χ0n) is 13.0. The molecule has 5 nitrogen and oxygen atoms in total. The molecular formula is C17H24N4O. The number of amides is 1. The molecule has 1 aromatic heterocycles. The third-order valence-electron chi connectivity index (χ3n) is 5.69. The number of piperidine rings is 1. The van der Waals surface area contributed by atoms with Crippen LogP contribution in [0.25, 0.3) is 0 Å². The van der Waals surface area contributed by atoms with Gasteiger partial charge < -0.3 is 9.80 Å². The Morgan fingerprint density at radius 3 is 2.64 bits per heavy atom. The first-order valence-corrected chi connectivity index (χ1v) is 8.61. The molecule has 4 rings (SSSR count). The molecule has 5 heteroatoms. The third-order valence-corrected chi connectivity index (χ3v) is 5.69. The summed E-state index contributed by atoms with van der Waals surface area (Å²) in [4.78, 5) is 25.7. The maximum absolute atomic E-state index is 12.6. The molecule has 1 amide bonds. The predicted molar refractivity (Wildman–Crippen MR) is 84.4 cm³/mol. The molecule has 2 saturated heterocycles. The van der Waals surface area contributed by atoms with Crippen LogP contribution in [0.4, 0.5) is 5.82 Å². The highest BCUT2D eigenvalue weighted by atomic mass is 16.2. The van der Waals surface area contributed by atoms with Crippen molar-refractivity contribution in [3.63, 3.8) is 0 Å². The van der Waals surface area contributed by atoms with Crippen LogP contribution in [0.1, 0.15) is 32.1 Å². The van der Waals surface area contributed by atoms with Crippen molar-refractivity contribution in [2.45, 2.75) is 32.1 Å². The van der Waals surface area contributed by atoms with Crippen LogP contribution in [-0.2, 0) is 4.79 Å². The van der Waals surface area contributed by atoms with Gasteiger partial charge in [-0.1, -0.05) is 12.8 Å². The Balaban J connectivity index is 1.40. The molecule has 22 heavy (non-hydrogen) atoms. The van der Waals surface area contributed by atoms with Crippen molar-refractivity contribution in [1.29, 1.82) is 0 Å². The maximum Gasteiger partial charge on any atom is 0.225 e. The van der Waals surface area contributed by atoms with Crippen molar-refractivity contribution in [3.05, 3.63) is 18.6 Å². The molecule has 0 aromatic carbocycles. The Labute approximate surface area is 131 Å². The van der Waals surface area contributed by atoms with E-state index in [1.54, 1.807) is 12.4 Å². The van der Waals surface area contributed by atoms with E-state index in [1.165, 1.54) is 12.8 Å². The Hall–Kier alpha value is -1.65. The second-order valence-corrected chi connectivity index (χ2v) is 7.04. The van der Waals surface area contributed by atoms with E-state index in [2.05, 4.69) is 19.8 Å². The molecule has 3 heterocycles. The van der Waals surface area contributed by atoms with E-state index in [0.29, 0.717) is 23.7 Å². The van der Waals surface area contributed by atoms with Crippen LogP contribution in [-0.4, -0.2) is 47.0 Å². The maximum atomic E-state index is 12.6. The molecule has 0 bridgehead atoms. The summed E-state index contributed by atoms with van der Waals surface area (Å²) in [6.45, 7) is 3.97. The summed E-state index contributed by atoms with van der Waals surface area (Å²) in [6, 6.07) is 0. The summed E-state index contributed by atoms with van der Waals surface area (Å²) >= 11 is 0. The number of fused-ring (bicyclic) bond motifs is 1. The largest absolute Gasteiger partial charge is 0.355 e. The molecule has 1 aromatic rings. The molecule has 2 aliphatic heterocycles. The van der Waals surface area contributed by atoms with E-state index in [1.807, 2.05) is 6.20 Å². The lowest BCUT2D eigenvalue weighted by molar-refractivity contribution is -0.134. The molecule has 0 N–H and O–H groups in total. The van der Waals surface area contributed by atoms with Crippen molar-refractivity contribution in [1.82, 2.24) is 14.9 Å². The third kappa shape index (κ3) is 2.57. The normalized spacial score (nSPS) is 28.9. The van der Waals surface area contributed by atoms with E-state index in [4.69, 9.17) is 0 Å². The van der Waals surface area contributed by atoms with Crippen LogP contribution in [0.2, 0.25) is 0 Å². The van der Waals surface area contributed by atoms with Crippen LogP contribution >= 0.6 is 0 Å². The molecule has 118 valence electrons. The van der Waals surface area contributed by atoms with Crippen LogP contribution in [0, 0.1) is 17.8 Å². The molecule has 0 radical (unpaired) electrons. The summed E-state index contributed by atoms with van der Waals surface area (Å²) in [5, 5.41) is 0. The number of aromatic nitrogens is 2. The molecule has 3 aliphatic rings. The highest BCUT2D eigenvalue weighted by Gasteiger charge is 2.40. The SMILES string of the molecule is O=C(C1CCCC1)N1C[C@@H]2CCN(c3cnccn3)C[C@@H]2C1. The van der Waals surface area contributed by atoms with Crippen LogP contribution < -0.4 is 4.90 Å². The number of nitrogens with zero attached hydrogens (tertiary/aromatic N) is 4. The van der Waals surface area contributed by atoms with Crippen molar-refractivity contribution in [2.75, 3.05) is 31.1 Å². The second kappa shape index (κ2) is 5.86. The first-order chi connectivity index (χ1) is 10.8. The number of hydrogen-bond acceptors (Lipinski definition) is 4. The predicted octanol–water partition coefficient (Wildman–Crippen LogP) is 1.95. The monoisotopic (exact) mass is 300 g/mol. The van der Waals surface area contributed by atoms with Crippen molar-refractivity contribution < 1.29 is 4.79 Å². The minimum absolute atomic E-state index is 0.316. The van der Waals surface area contributed by atoms with Crippen LogP contribution in [0.15, 0.2) is 18.6 Å². The summed E-state index contributed by atoms with van der Waals surface area (Å²) in [6.07, 6.45) is 11.2. The lowest BCUT2D eigenvalue weighted by atomic mass is 9.89. The van der Waals surface area contributed by atoms with Gasteiger partial charge in [0.15, 0.2) is 0 Å². The fourth-order valence-corrected chi connectivity index (χ4v) is 4.44. The fourth-order valence-electron chi connectivity index (χ4n) is 4.44. The summed E-state index contributed by atoms with van der Waals surface area (Å²) in [5.41, 5.74) is 0. The molecule has 0 spiro atoms. The average molecular weight is 300 g/mol. The van der Waals surface area contributed by atoms with Gasteiger partial charge in [0.25, 0.3) is 0 Å². The lowest BCUT2D eigenvalue weighted by Gasteiger charge is -2.34. The Morgan fingerprint density at radius 1 is 1.05 bits per heavy atom. The minimum Gasteiger partial charge on any atom is -0.355 e. The molecular weight excluding hydrogens is 276 g/mol. The standard InChI is InChI=1S/C17H24N4O/c22-17(13-3-1-2-4-13)21-10-14-5-8-20(11-15(14)12-21)16-9-18-6-7-19-16/h6-7,9,13-15H,1-5,8,10-12H2/t14-,15+/m0/s1. The van der Waals surface area contributed by atoms with Gasteiger partial charge in [0, 0.05) is 44.5 Å². The van der Waals surface area contributed by atoms with Gasteiger partial charge >= 0.3 is 0 Å². The van der Waals surface area contributed by atoms with Crippen LogP contribution in [0.5, 0.6) is 0 Å². The van der Waals surface area contributed by atoms with Gasteiger partial charge in [0.2, 0.25) is 5.91 Å². The van der Waals surface area contributed by atoms with E-state index >= 15 is 0 Å². The van der Waals surface area contributed by atoms with E-state index in [0.717, 1.165) is 51.3 Å². The van der Waals surface area contributed by atoms with Gasteiger partial charge in [-0.05, 0) is 31.1 Å². The van der Waals surface area contributed by atoms with Gasteiger partial charge in [-0.3, -0.25) is 9.78 Å². The Bertz CT molecular complexity index is 529. The first-order valence-electron chi connectivity index (χ1n) is 8.61. The zero-order valence-corrected chi connectivity index (χ0v) is 13.0. The quantitative estimate of drug-likeness (QED) is 0.837.